The molecule has 2 fully saturated rings. The second-order valence-corrected chi connectivity index (χ2v) is 11.4. The summed E-state index contributed by atoms with van der Waals surface area (Å²) in [7, 11) is 1.73. The number of likely N-dealkylation sites (tertiary alicyclic amines) is 1. The Morgan fingerprint density at radius 2 is 1.78 bits per heavy atom. The van der Waals surface area contributed by atoms with Crippen LogP contribution in [0.2, 0.25) is 0 Å². The minimum atomic E-state index is -0.524. The van der Waals surface area contributed by atoms with Crippen molar-refractivity contribution in [3.05, 3.63) is 72.2 Å². The SMILES string of the molecule is CNCC(=O)NC(C(=O)N1CCCC1CN(CCc1ccccc1)C(=O)c1cn2ccccc2n1)C1CCCCC1. The number of hydrogen-bond acceptors (Lipinski definition) is 5. The Balaban J connectivity index is 1.35. The molecule has 2 N–H and O–H groups in total. The highest BCUT2D eigenvalue weighted by molar-refractivity contribution is 5.93. The van der Waals surface area contributed by atoms with Gasteiger partial charge in [-0.2, -0.15) is 0 Å². The highest BCUT2D eigenvalue weighted by Crippen LogP contribution is 2.29. The molecule has 3 amide bonds. The fourth-order valence-electron chi connectivity index (χ4n) is 6.37. The Kier molecular flexibility index (Phi) is 9.67. The predicted octanol–water partition coefficient (Wildman–Crippen LogP) is 3.29. The fraction of sp³-hybridized carbons (Fsp3) is 0.500. The molecule has 9 heteroatoms. The number of nitrogens with zero attached hydrogens (tertiary/aromatic N) is 4. The summed E-state index contributed by atoms with van der Waals surface area (Å²) in [6, 6.07) is 15.2. The van der Waals surface area contributed by atoms with Crippen LogP contribution in [0.1, 0.15) is 61.0 Å². The Bertz CT molecular complexity index is 1290. The molecule has 1 aromatic carbocycles. The van der Waals surface area contributed by atoms with E-state index in [1.54, 1.807) is 13.2 Å². The van der Waals surface area contributed by atoms with Gasteiger partial charge in [-0.3, -0.25) is 14.4 Å². The third-order valence-electron chi connectivity index (χ3n) is 8.52. The van der Waals surface area contributed by atoms with Crippen LogP contribution < -0.4 is 10.6 Å². The number of carbonyl (C=O) groups is 3. The van der Waals surface area contributed by atoms with Crippen molar-refractivity contribution in [1.29, 1.82) is 0 Å². The Morgan fingerprint density at radius 1 is 1.00 bits per heavy atom. The van der Waals surface area contributed by atoms with Gasteiger partial charge in [0.05, 0.1) is 6.54 Å². The molecule has 3 aromatic rings. The Morgan fingerprint density at radius 3 is 2.54 bits per heavy atom. The zero-order valence-electron chi connectivity index (χ0n) is 24.0. The number of nitrogens with one attached hydrogen (secondary N) is 2. The molecule has 2 aromatic heterocycles. The van der Waals surface area contributed by atoms with Gasteiger partial charge in [-0.1, -0.05) is 55.7 Å². The summed E-state index contributed by atoms with van der Waals surface area (Å²) in [5.41, 5.74) is 2.29. The highest BCUT2D eigenvalue weighted by Gasteiger charge is 2.39. The molecule has 9 nitrogen and oxygen atoms in total. The summed E-state index contributed by atoms with van der Waals surface area (Å²) in [5.74, 6) is -0.145. The van der Waals surface area contributed by atoms with Crippen molar-refractivity contribution in [2.45, 2.75) is 63.5 Å². The molecule has 1 aliphatic carbocycles. The zero-order chi connectivity index (χ0) is 28.6. The number of amides is 3. The van der Waals surface area contributed by atoms with Crippen molar-refractivity contribution in [3.63, 3.8) is 0 Å². The van der Waals surface area contributed by atoms with Crippen LogP contribution in [0.25, 0.3) is 5.65 Å². The first-order chi connectivity index (χ1) is 20.0. The maximum atomic E-state index is 14.1. The van der Waals surface area contributed by atoms with Gasteiger partial charge < -0.3 is 24.8 Å². The summed E-state index contributed by atoms with van der Waals surface area (Å²) in [6.45, 7) is 1.79. The lowest BCUT2D eigenvalue weighted by atomic mass is 9.83. The minimum Gasteiger partial charge on any atom is -0.343 e. The van der Waals surface area contributed by atoms with Crippen LogP contribution in [0, 0.1) is 5.92 Å². The monoisotopic (exact) mass is 558 g/mol. The molecule has 41 heavy (non-hydrogen) atoms. The number of pyridine rings is 1. The van der Waals surface area contributed by atoms with E-state index >= 15 is 0 Å². The first-order valence-corrected chi connectivity index (χ1v) is 15.0. The predicted molar refractivity (Wildman–Crippen MR) is 158 cm³/mol. The van der Waals surface area contributed by atoms with Crippen molar-refractivity contribution in [1.82, 2.24) is 29.8 Å². The average Bonchev–Trinajstić information content (AvgIpc) is 3.66. The van der Waals surface area contributed by atoms with Crippen LogP contribution >= 0.6 is 0 Å². The van der Waals surface area contributed by atoms with E-state index in [4.69, 9.17) is 0 Å². The maximum Gasteiger partial charge on any atom is 0.274 e. The molecule has 0 radical (unpaired) electrons. The normalized spacial score (nSPS) is 18.4. The van der Waals surface area contributed by atoms with Gasteiger partial charge in [-0.25, -0.2) is 4.98 Å². The van der Waals surface area contributed by atoms with Crippen LogP contribution in [0.3, 0.4) is 0 Å². The van der Waals surface area contributed by atoms with E-state index in [-0.39, 0.29) is 36.2 Å². The second kappa shape index (κ2) is 13.8. The third kappa shape index (κ3) is 7.14. The molecular formula is C32H42N6O3. The Hall–Kier alpha value is -3.72. The molecular weight excluding hydrogens is 516 g/mol. The molecule has 1 saturated heterocycles. The first kappa shape index (κ1) is 28.8. The lowest BCUT2D eigenvalue weighted by Crippen LogP contribution is -2.56. The Labute approximate surface area is 242 Å². The van der Waals surface area contributed by atoms with E-state index in [0.29, 0.717) is 31.7 Å². The molecule has 0 spiro atoms. The molecule has 1 saturated carbocycles. The molecule has 2 aliphatic rings. The van der Waals surface area contributed by atoms with Gasteiger partial charge in [0.15, 0.2) is 0 Å². The van der Waals surface area contributed by atoms with E-state index in [1.807, 2.05) is 56.8 Å². The highest BCUT2D eigenvalue weighted by atomic mass is 16.2. The van der Waals surface area contributed by atoms with Crippen molar-refractivity contribution in [2.75, 3.05) is 33.2 Å². The van der Waals surface area contributed by atoms with Crippen LogP contribution in [0.4, 0.5) is 0 Å². The second-order valence-electron chi connectivity index (χ2n) is 11.4. The van der Waals surface area contributed by atoms with E-state index < -0.39 is 6.04 Å². The average molecular weight is 559 g/mol. The first-order valence-electron chi connectivity index (χ1n) is 15.0. The van der Waals surface area contributed by atoms with Crippen LogP contribution in [0.5, 0.6) is 0 Å². The lowest BCUT2D eigenvalue weighted by Gasteiger charge is -2.36. The van der Waals surface area contributed by atoms with Gasteiger partial charge in [0.1, 0.15) is 17.4 Å². The van der Waals surface area contributed by atoms with E-state index in [9.17, 15) is 14.4 Å². The number of aromatic nitrogens is 2. The van der Waals surface area contributed by atoms with Crippen LogP contribution in [0.15, 0.2) is 60.9 Å². The standard InChI is InChI=1S/C32H42N6O3/c1-33-21-29(39)35-30(25-13-6-3-7-14-25)32(41)38-19-10-15-26(38)22-37(20-17-24-11-4-2-5-12-24)31(40)27-23-36-18-9-8-16-28(36)34-27/h2,4-5,8-9,11-12,16,18,23,25-26,30,33H,3,6-7,10,13-15,17,19-22H2,1H3,(H,35,39). The molecule has 5 rings (SSSR count). The summed E-state index contributed by atoms with van der Waals surface area (Å²) < 4.78 is 1.86. The number of benzene rings is 1. The van der Waals surface area contributed by atoms with Crippen molar-refractivity contribution >= 4 is 23.4 Å². The summed E-state index contributed by atoms with van der Waals surface area (Å²) in [6.07, 6.45) is 11.3. The van der Waals surface area contributed by atoms with Gasteiger partial charge >= 0.3 is 0 Å². The van der Waals surface area contributed by atoms with Gasteiger partial charge in [-0.05, 0) is 62.8 Å². The van der Waals surface area contributed by atoms with Gasteiger partial charge in [0.2, 0.25) is 11.8 Å². The van der Waals surface area contributed by atoms with Crippen molar-refractivity contribution in [2.24, 2.45) is 5.92 Å². The van der Waals surface area contributed by atoms with E-state index in [0.717, 1.165) is 49.7 Å². The summed E-state index contributed by atoms with van der Waals surface area (Å²) in [5, 5.41) is 5.96. The zero-order valence-corrected chi connectivity index (χ0v) is 24.0. The van der Waals surface area contributed by atoms with E-state index in [2.05, 4.69) is 27.8 Å². The number of rotatable bonds is 11. The van der Waals surface area contributed by atoms with Gasteiger partial charge in [0.25, 0.3) is 5.91 Å². The quantitative estimate of drug-likeness (QED) is 0.376. The summed E-state index contributed by atoms with van der Waals surface area (Å²) in [4.78, 5) is 49.0. The van der Waals surface area contributed by atoms with Crippen molar-refractivity contribution in [3.8, 4) is 0 Å². The number of likely N-dealkylation sites (N-methyl/N-ethyl adjacent to an activating group) is 1. The number of fused-ring (bicyclic) bond motifs is 1. The lowest BCUT2D eigenvalue weighted by molar-refractivity contribution is -0.139. The number of carbonyl (C=O) groups excluding carboxylic acids is 3. The molecule has 0 bridgehead atoms. The van der Waals surface area contributed by atoms with Gasteiger partial charge in [0, 0.05) is 38.1 Å². The van der Waals surface area contributed by atoms with E-state index in [1.165, 1.54) is 6.42 Å². The topological polar surface area (TPSA) is 99.0 Å². The minimum absolute atomic E-state index is 0.00737. The molecule has 2 atom stereocenters. The molecule has 1 aliphatic heterocycles. The van der Waals surface area contributed by atoms with Crippen LogP contribution in [-0.2, 0) is 16.0 Å². The number of hydrogen-bond donors (Lipinski definition) is 2. The van der Waals surface area contributed by atoms with Crippen LogP contribution in [-0.4, -0.2) is 82.2 Å². The maximum absolute atomic E-state index is 14.1. The molecule has 218 valence electrons. The fourth-order valence-corrected chi connectivity index (χ4v) is 6.37. The summed E-state index contributed by atoms with van der Waals surface area (Å²) >= 11 is 0. The number of imidazole rings is 1. The largest absolute Gasteiger partial charge is 0.343 e. The van der Waals surface area contributed by atoms with Gasteiger partial charge in [-0.15, -0.1) is 0 Å². The third-order valence-corrected chi connectivity index (χ3v) is 8.52. The molecule has 2 unspecified atom stereocenters. The molecule has 3 heterocycles. The smallest absolute Gasteiger partial charge is 0.274 e. The van der Waals surface area contributed by atoms with Crippen molar-refractivity contribution < 1.29 is 14.4 Å².